The van der Waals surface area contributed by atoms with Crippen LogP contribution in [0.5, 0.6) is 0 Å². The summed E-state index contributed by atoms with van der Waals surface area (Å²) >= 11 is 0. The largest absolute Gasteiger partial charge is 0.477 e. The van der Waals surface area contributed by atoms with Crippen LogP contribution in [0.25, 0.3) is 0 Å². The van der Waals surface area contributed by atoms with Crippen molar-refractivity contribution in [3.63, 3.8) is 0 Å². The van der Waals surface area contributed by atoms with Crippen LogP contribution >= 0.6 is 0 Å². The second-order valence-electron chi connectivity index (χ2n) is 2.56. The molecule has 2 atom stereocenters. The first kappa shape index (κ1) is 7.50. The van der Waals surface area contributed by atoms with Crippen molar-refractivity contribution in [3.8, 4) is 0 Å². The summed E-state index contributed by atoms with van der Waals surface area (Å²) in [5, 5.41) is 17.5. The van der Waals surface area contributed by atoms with Crippen LogP contribution in [0.3, 0.4) is 0 Å². The third-order valence-corrected chi connectivity index (χ3v) is 1.62. The van der Waals surface area contributed by atoms with E-state index in [-0.39, 0.29) is 12.5 Å². The van der Waals surface area contributed by atoms with Gasteiger partial charge in [0, 0.05) is 6.42 Å². The van der Waals surface area contributed by atoms with Gasteiger partial charge in [0.05, 0.1) is 6.10 Å². The Morgan fingerprint density at radius 2 is 2.40 bits per heavy atom. The molecule has 58 valence electrons. The first-order valence-electron chi connectivity index (χ1n) is 3.18. The Kier molecular flexibility index (Phi) is 1.66. The SMILES string of the molecule is CC1CCC(O)(C(=O)O)O1. The second kappa shape index (κ2) is 2.21. The molecule has 1 saturated heterocycles. The molecule has 0 saturated carbocycles. The maximum atomic E-state index is 10.3. The summed E-state index contributed by atoms with van der Waals surface area (Å²) in [6, 6.07) is 0. The molecule has 1 rings (SSSR count). The molecule has 0 spiro atoms. The molecular formula is C6H10O4. The Morgan fingerprint density at radius 1 is 1.80 bits per heavy atom. The van der Waals surface area contributed by atoms with Gasteiger partial charge in [0.25, 0.3) is 5.79 Å². The highest BCUT2D eigenvalue weighted by Gasteiger charge is 2.43. The van der Waals surface area contributed by atoms with Gasteiger partial charge in [0.15, 0.2) is 0 Å². The molecule has 0 aromatic heterocycles. The lowest BCUT2D eigenvalue weighted by Crippen LogP contribution is -2.37. The monoisotopic (exact) mass is 146 g/mol. The zero-order chi connectivity index (χ0) is 7.78. The molecule has 2 unspecified atom stereocenters. The Balaban J connectivity index is 2.63. The molecule has 0 aromatic rings. The van der Waals surface area contributed by atoms with Gasteiger partial charge in [-0.05, 0) is 13.3 Å². The van der Waals surface area contributed by atoms with E-state index in [9.17, 15) is 4.79 Å². The average molecular weight is 146 g/mol. The van der Waals surface area contributed by atoms with Crippen molar-refractivity contribution in [2.75, 3.05) is 0 Å². The van der Waals surface area contributed by atoms with Crippen molar-refractivity contribution in [1.29, 1.82) is 0 Å². The quantitative estimate of drug-likeness (QED) is 0.544. The number of hydrogen-bond acceptors (Lipinski definition) is 3. The minimum Gasteiger partial charge on any atom is -0.477 e. The Morgan fingerprint density at radius 3 is 2.60 bits per heavy atom. The number of carbonyl (C=O) groups is 1. The number of aliphatic hydroxyl groups is 1. The topological polar surface area (TPSA) is 66.8 Å². The second-order valence-corrected chi connectivity index (χ2v) is 2.56. The van der Waals surface area contributed by atoms with Gasteiger partial charge in [-0.2, -0.15) is 0 Å². The van der Waals surface area contributed by atoms with Crippen LogP contribution in [0.1, 0.15) is 19.8 Å². The molecule has 10 heavy (non-hydrogen) atoms. The van der Waals surface area contributed by atoms with Gasteiger partial charge in [0.2, 0.25) is 0 Å². The zero-order valence-electron chi connectivity index (χ0n) is 5.70. The highest BCUT2D eigenvalue weighted by Crippen LogP contribution is 2.27. The van der Waals surface area contributed by atoms with Gasteiger partial charge in [-0.25, -0.2) is 4.79 Å². The van der Waals surface area contributed by atoms with E-state index in [2.05, 4.69) is 0 Å². The van der Waals surface area contributed by atoms with Crippen LogP contribution in [0.2, 0.25) is 0 Å². The standard InChI is InChI=1S/C6H10O4/c1-4-2-3-6(9,10-4)5(7)8/h4,9H,2-3H2,1H3,(H,7,8). The number of ether oxygens (including phenoxy) is 1. The molecule has 4 heteroatoms. The van der Waals surface area contributed by atoms with Crippen molar-refractivity contribution in [3.05, 3.63) is 0 Å². The van der Waals surface area contributed by atoms with E-state index < -0.39 is 11.8 Å². The first-order chi connectivity index (χ1) is 4.54. The molecule has 1 aliphatic heterocycles. The lowest BCUT2D eigenvalue weighted by atomic mass is 10.2. The van der Waals surface area contributed by atoms with Crippen molar-refractivity contribution >= 4 is 5.97 Å². The molecule has 0 aromatic carbocycles. The first-order valence-corrected chi connectivity index (χ1v) is 3.18. The molecule has 0 aliphatic carbocycles. The van der Waals surface area contributed by atoms with Gasteiger partial charge in [-0.1, -0.05) is 0 Å². The Labute approximate surface area is 58.4 Å². The minimum absolute atomic E-state index is 0.152. The van der Waals surface area contributed by atoms with E-state index >= 15 is 0 Å². The van der Waals surface area contributed by atoms with Gasteiger partial charge >= 0.3 is 5.97 Å². The van der Waals surface area contributed by atoms with E-state index in [0.29, 0.717) is 6.42 Å². The van der Waals surface area contributed by atoms with Crippen molar-refractivity contribution < 1.29 is 19.7 Å². The van der Waals surface area contributed by atoms with E-state index in [1.807, 2.05) is 0 Å². The smallest absolute Gasteiger partial charge is 0.364 e. The number of aliphatic carboxylic acids is 1. The van der Waals surface area contributed by atoms with Crippen molar-refractivity contribution in [2.24, 2.45) is 0 Å². The van der Waals surface area contributed by atoms with Crippen molar-refractivity contribution in [1.82, 2.24) is 0 Å². The van der Waals surface area contributed by atoms with E-state index in [4.69, 9.17) is 14.9 Å². The molecule has 0 amide bonds. The predicted octanol–water partition coefficient (Wildman–Crippen LogP) is -0.0415. The van der Waals surface area contributed by atoms with E-state index in [0.717, 1.165) is 0 Å². The van der Waals surface area contributed by atoms with Crippen LogP contribution in [-0.2, 0) is 9.53 Å². The summed E-state index contributed by atoms with van der Waals surface area (Å²) in [5.41, 5.74) is 0. The Hall–Kier alpha value is -0.610. The maximum absolute atomic E-state index is 10.3. The fourth-order valence-electron chi connectivity index (χ4n) is 1.01. The third-order valence-electron chi connectivity index (χ3n) is 1.62. The van der Waals surface area contributed by atoms with Crippen molar-refractivity contribution in [2.45, 2.75) is 31.7 Å². The predicted molar refractivity (Wildman–Crippen MR) is 32.4 cm³/mol. The summed E-state index contributed by atoms with van der Waals surface area (Å²) in [7, 11) is 0. The highest BCUT2D eigenvalue weighted by atomic mass is 16.7. The summed E-state index contributed by atoms with van der Waals surface area (Å²) in [6.07, 6.45) is 0.632. The summed E-state index contributed by atoms with van der Waals surface area (Å²) in [4.78, 5) is 10.3. The lowest BCUT2D eigenvalue weighted by Gasteiger charge is -2.15. The van der Waals surface area contributed by atoms with Crippen LogP contribution < -0.4 is 0 Å². The Bertz CT molecular complexity index is 156. The van der Waals surface area contributed by atoms with Gasteiger partial charge in [-0.15, -0.1) is 0 Å². The average Bonchev–Trinajstić information content (AvgIpc) is 2.13. The van der Waals surface area contributed by atoms with E-state index in [1.54, 1.807) is 6.92 Å². The molecule has 1 fully saturated rings. The highest BCUT2D eigenvalue weighted by molar-refractivity contribution is 5.75. The molecule has 0 radical (unpaired) electrons. The fraction of sp³-hybridized carbons (Fsp3) is 0.833. The number of carboxylic acids is 1. The summed E-state index contributed by atoms with van der Waals surface area (Å²) in [6.45, 7) is 1.74. The summed E-state index contributed by atoms with van der Waals surface area (Å²) in [5.74, 6) is -3.21. The van der Waals surface area contributed by atoms with Crippen LogP contribution in [-0.4, -0.2) is 28.1 Å². The maximum Gasteiger partial charge on any atom is 0.364 e. The molecule has 2 N–H and O–H groups in total. The molecular weight excluding hydrogens is 136 g/mol. The lowest BCUT2D eigenvalue weighted by molar-refractivity contribution is -0.215. The normalized spacial score (nSPS) is 40.0. The van der Waals surface area contributed by atoms with Crippen LogP contribution in [0.15, 0.2) is 0 Å². The van der Waals surface area contributed by atoms with E-state index in [1.165, 1.54) is 0 Å². The molecule has 4 nitrogen and oxygen atoms in total. The number of rotatable bonds is 1. The van der Waals surface area contributed by atoms with Gasteiger partial charge in [-0.3, -0.25) is 0 Å². The zero-order valence-corrected chi connectivity index (χ0v) is 5.70. The molecule has 1 heterocycles. The van der Waals surface area contributed by atoms with Gasteiger partial charge in [0.1, 0.15) is 0 Å². The summed E-state index contributed by atoms with van der Waals surface area (Å²) < 4.78 is 4.77. The fourth-order valence-corrected chi connectivity index (χ4v) is 1.01. The third kappa shape index (κ3) is 1.12. The number of carboxylic acid groups (broad SMARTS) is 1. The van der Waals surface area contributed by atoms with Gasteiger partial charge < -0.3 is 14.9 Å². The van der Waals surface area contributed by atoms with Crippen LogP contribution in [0.4, 0.5) is 0 Å². The molecule has 0 bridgehead atoms. The number of hydrogen-bond donors (Lipinski definition) is 2. The van der Waals surface area contributed by atoms with Crippen LogP contribution in [0, 0.1) is 0 Å². The minimum atomic E-state index is -1.92. The molecule has 1 aliphatic rings.